The summed E-state index contributed by atoms with van der Waals surface area (Å²) in [7, 11) is 5.60. The molecule has 2 aliphatic rings. The Morgan fingerprint density at radius 3 is 2.44 bits per heavy atom. The second-order valence-corrected chi connectivity index (χ2v) is 7.42. The lowest BCUT2D eigenvalue weighted by Gasteiger charge is -2.28. The summed E-state index contributed by atoms with van der Waals surface area (Å²) in [6, 6.07) is 0. The number of aliphatic imine (C=N–C) groups is 1. The first-order valence-corrected chi connectivity index (χ1v) is 9.33. The van der Waals surface area contributed by atoms with Gasteiger partial charge in [0.05, 0.1) is 6.61 Å². The molecule has 1 heterocycles. The lowest BCUT2D eigenvalue weighted by Crippen LogP contribution is -2.44. The van der Waals surface area contributed by atoms with Crippen molar-refractivity contribution < 1.29 is 9.53 Å². The van der Waals surface area contributed by atoms with Crippen molar-refractivity contribution >= 4 is 35.8 Å². The van der Waals surface area contributed by atoms with E-state index in [4.69, 9.17) is 4.74 Å². The highest BCUT2D eigenvalue weighted by Gasteiger charge is 2.20. The number of amides is 1. The lowest BCUT2D eigenvalue weighted by molar-refractivity contribution is -0.127. The van der Waals surface area contributed by atoms with Gasteiger partial charge in [-0.2, -0.15) is 0 Å². The number of nitrogens with zero attached hydrogens (tertiary/aromatic N) is 3. The molecule has 6 nitrogen and oxygen atoms in total. The molecule has 1 amide bonds. The molecule has 1 saturated carbocycles. The van der Waals surface area contributed by atoms with E-state index in [1.807, 2.05) is 0 Å². The van der Waals surface area contributed by atoms with Crippen LogP contribution in [0.25, 0.3) is 0 Å². The van der Waals surface area contributed by atoms with Gasteiger partial charge >= 0.3 is 0 Å². The SMILES string of the molecule is CN(C)C(=O)CN=C(NCC1CCCCC1)N(C)CC1CCOC1.I. The van der Waals surface area contributed by atoms with Crippen LogP contribution in [0.1, 0.15) is 38.5 Å². The van der Waals surface area contributed by atoms with Crippen LogP contribution in [-0.4, -0.2) is 75.7 Å². The van der Waals surface area contributed by atoms with Gasteiger partial charge in [0, 0.05) is 46.8 Å². The molecular formula is C18H35IN4O2. The maximum atomic E-state index is 11.9. The number of guanidine groups is 1. The molecule has 1 N–H and O–H groups in total. The maximum Gasteiger partial charge on any atom is 0.243 e. The van der Waals surface area contributed by atoms with Gasteiger partial charge in [-0.15, -0.1) is 24.0 Å². The Bertz CT molecular complexity index is 419. The summed E-state index contributed by atoms with van der Waals surface area (Å²) in [5.41, 5.74) is 0. The maximum absolute atomic E-state index is 11.9. The van der Waals surface area contributed by atoms with E-state index in [-0.39, 0.29) is 36.4 Å². The van der Waals surface area contributed by atoms with Gasteiger partial charge < -0.3 is 19.9 Å². The Balaban J connectivity index is 0.00000312. The quantitative estimate of drug-likeness (QED) is 0.371. The van der Waals surface area contributed by atoms with Crippen LogP contribution in [0.15, 0.2) is 4.99 Å². The summed E-state index contributed by atoms with van der Waals surface area (Å²) < 4.78 is 5.47. The average molecular weight is 466 g/mol. The summed E-state index contributed by atoms with van der Waals surface area (Å²) >= 11 is 0. The van der Waals surface area contributed by atoms with E-state index in [1.165, 1.54) is 32.1 Å². The second-order valence-electron chi connectivity index (χ2n) is 7.42. The van der Waals surface area contributed by atoms with Crippen molar-refractivity contribution in [3.05, 3.63) is 0 Å². The van der Waals surface area contributed by atoms with Gasteiger partial charge in [-0.1, -0.05) is 19.3 Å². The average Bonchev–Trinajstić information content (AvgIpc) is 3.08. The molecule has 0 aromatic rings. The number of halogens is 1. The number of likely N-dealkylation sites (N-methyl/N-ethyl adjacent to an activating group) is 1. The molecule has 25 heavy (non-hydrogen) atoms. The molecule has 1 atom stereocenters. The van der Waals surface area contributed by atoms with Crippen molar-refractivity contribution in [3.8, 4) is 0 Å². The number of hydrogen-bond donors (Lipinski definition) is 1. The van der Waals surface area contributed by atoms with Gasteiger partial charge in [-0.25, -0.2) is 4.99 Å². The Morgan fingerprint density at radius 1 is 1.12 bits per heavy atom. The van der Waals surface area contributed by atoms with Crippen molar-refractivity contribution in [3.63, 3.8) is 0 Å². The van der Waals surface area contributed by atoms with E-state index in [1.54, 1.807) is 19.0 Å². The van der Waals surface area contributed by atoms with E-state index in [0.717, 1.165) is 44.6 Å². The Kier molecular flexibility index (Phi) is 10.7. The Hall–Kier alpha value is -0.570. The zero-order valence-corrected chi connectivity index (χ0v) is 18.3. The van der Waals surface area contributed by atoms with E-state index in [0.29, 0.717) is 5.92 Å². The van der Waals surface area contributed by atoms with E-state index in [2.05, 4.69) is 22.3 Å². The first-order chi connectivity index (χ1) is 11.6. The molecule has 0 bridgehead atoms. The predicted octanol–water partition coefficient (Wildman–Crippen LogP) is 2.19. The molecule has 0 aromatic carbocycles. The third kappa shape index (κ3) is 8.11. The molecule has 1 aliphatic heterocycles. The van der Waals surface area contributed by atoms with E-state index in [9.17, 15) is 4.79 Å². The molecule has 0 aromatic heterocycles. The number of carbonyl (C=O) groups excluding carboxylic acids is 1. The van der Waals surface area contributed by atoms with Crippen LogP contribution >= 0.6 is 24.0 Å². The third-order valence-corrected chi connectivity index (χ3v) is 5.05. The first kappa shape index (κ1) is 22.5. The van der Waals surface area contributed by atoms with Crippen molar-refractivity contribution in [2.24, 2.45) is 16.8 Å². The smallest absolute Gasteiger partial charge is 0.243 e. The van der Waals surface area contributed by atoms with E-state index >= 15 is 0 Å². The topological polar surface area (TPSA) is 57.2 Å². The zero-order chi connectivity index (χ0) is 17.4. The molecule has 1 unspecified atom stereocenters. The minimum absolute atomic E-state index is 0. The van der Waals surface area contributed by atoms with Crippen molar-refractivity contribution in [1.82, 2.24) is 15.1 Å². The largest absolute Gasteiger partial charge is 0.381 e. The number of rotatable bonds is 6. The summed E-state index contributed by atoms with van der Waals surface area (Å²) in [5.74, 6) is 2.17. The van der Waals surface area contributed by atoms with Gasteiger partial charge in [-0.3, -0.25) is 4.79 Å². The van der Waals surface area contributed by atoms with Gasteiger partial charge in [0.15, 0.2) is 5.96 Å². The minimum atomic E-state index is 0. The van der Waals surface area contributed by atoms with Crippen LogP contribution in [0.5, 0.6) is 0 Å². The number of carbonyl (C=O) groups is 1. The van der Waals surface area contributed by atoms with Gasteiger partial charge in [0.1, 0.15) is 6.54 Å². The molecule has 146 valence electrons. The Morgan fingerprint density at radius 2 is 1.84 bits per heavy atom. The van der Waals surface area contributed by atoms with E-state index < -0.39 is 0 Å². The number of hydrogen-bond acceptors (Lipinski definition) is 3. The summed E-state index contributed by atoms with van der Waals surface area (Å²) in [5, 5.41) is 3.52. The normalized spacial score (nSPS) is 21.6. The van der Waals surface area contributed by atoms with Gasteiger partial charge in [0.2, 0.25) is 5.91 Å². The highest BCUT2D eigenvalue weighted by Crippen LogP contribution is 2.22. The van der Waals surface area contributed by atoms with Crippen LogP contribution in [0, 0.1) is 11.8 Å². The molecule has 0 radical (unpaired) electrons. The molecule has 7 heteroatoms. The third-order valence-electron chi connectivity index (χ3n) is 5.05. The highest BCUT2D eigenvalue weighted by molar-refractivity contribution is 14.0. The molecule has 1 aliphatic carbocycles. The summed E-state index contributed by atoms with van der Waals surface area (Å²) in [6.45, 7) is 3.77. The Labute approximate surface area is 169 Å². The fraction of sp³-hybridized carbons (Fsp3) is 0.889. The zero-order valence-electron chi connectivity index (χ0n) is 16.0. The first-order valence-electron chi connectivity index (χ1n) is 9.33. The molecule has 2 fully saturated rings. The van der Waals surface area contributed by atoms with Crippen LogP contribution < -0.4 is 5.32 Å². The fourth-order valence-corrected chi connectivity index (χ4v) is 3.42. The highest BCUT2D eigenvalue weighted by atomic mass is 127. The monoisotopic (exact) mass is 466 g/mol. The minimum Gasteiger partial charge on any atom is -0.381 e. The van der Waals surface area contributed by atoms with Crippen molar-refractivity contribution in [2.75, 3.05) is 54.0 Å². The lowest BCUT2D eigenvalue weighted by atomic mass is 9.89. The van der Waals surface area contributed by atoms with Gasteiger partial charge in [-0.05, 0) is 25.2 Å². The van der Waals surface area contributed by atoms with Crippen LogP contribution in [-0.2, 0) is 9.53 Å². The standard InChI is InChI=1S/C18H34N4O2.HI/c1-21(2)17(23)12-20-18(19-11-15-7-5-4-6-8-15)22(3)13-16-9-10-24-14-16;/h15-16H,4-14H2,1-3H3,(H,19,20);1H. The molecule has 2 rings (SSSR count). The van der Waals surface area contributed by atoms with Gasteiger partial charge in [0.25, 0.3) is 0 Å². The van der Waals surface area contributed by atoms with Crippen LogP contribution in [0.3, 0.4) is 0 Å². The predicted molar refractivity (Wildman–Crippen MR) is 113 cm³/mol. The number of nitrogens with one attached hydrogen (secondary N) is 1. The summed E-state index contributed by atoms with van der Waals surface area (Å²) in [4.78, 5) is 20.2. The van der Waals surface area contributed by atoms with Crippen molar-refractivity contribution in [1.29, 1.82) is 0 Å². The van der Waals surface area contributed by atoms with Crippen molar-refractivity contribution in [2.45, 2.75) is 38.5 Å². The molecule has 0 spiro atoms. The molecule has 1 saturated heterocycles. The fourth-order valence-electron chi connectivity index (χ4n) is 3.42. The number of ether oxygens (including phenoxy) is 1. The second kappa shape index (κ2) is 11.9. The van der Waals surface area contributed by atoms with Crippen LogP contribution in [0.4, 0.5) is 0 Å². The summed E-state index contributed by atoms with van der Waals surface area (Å²) in [6.07, 6.45) is 7.77. The molecular weight excluding hydrogens is 431 g/mol. The van der Waals surface area contributed by atoms with Crippen LogP contribution in [0.2, 0.25) is 0 Å².